The van der Waals surface area contributed by atoms with Gasteiger partial charge in [-0.3, -0.25) is 4.79 Å². The van der Waals surface area contributed by atoms with E-state index in [0.717, 1.165) is 10.4 Å². The molecule has 150 valence electrons. The van der Waals surface area contributed by atoms with Gasteiger partial charge in [0.05, 0.1) is 0 Å². The predicted octanol–water partition coefficient (Wildman–Crippen LogP) is 1.84. The molecule has 0 radical (unpaired) electrons. The van der Waals surface area contributed by atoms with E-state index in [4.69, 9.17) is 0 Å². The van der Waals surface area contributed by atoms with Gasteiger partial charge in [0.15, 0.2) is 11.6 Å². The first-order valence-corrected chi connectivity index (χ1v) is 10.2. The standard InChI is InChI=1S/C17H22F3N3O3S/c1-21(2)27(25,26)22-9-7-14-11(10-22)4-3-8-23(14)17(24)15-12(18)5-6-13(19)16(15)20/h5-6,11,14H,3-4,7-10H2,1-2H3/t11-,14+/m1/s1. The van der Waals surface area contributed by atoms with Crippen molar-refractivity contribution in [3.63, 3.8) is 0 Å². The summed E-state index contributed by atoms with van der Waals surface area (Å²) in [6.07, 6.45) is 1.66. The first kappa shape index (κ1) is 20.1. The molecule has 27 heavy (non-hydrogen) atoms. The van der Waals surface area contributed by atoms with Crippen LogP contribution in [0.4, 0.5) is 13.2 Å². The highest BCUT2D eigenvalue weighted by Gasteiger charge is 2.42. The molecule has 1 aromatic rings. The summed E-state index contributed by atoms with van der Waals surface area (Å²) in [6, 6.07) is 1.05. The third-order valence-electron chi connectivity index (χ3n) is 5.34. The Morgan fingerprint density at radius 1 is 1.11 bits per heavy atom. The van der Waals surface area contributed by atoms with Crippen molar-refractivity contribution in [2.75, 3.05) is 33.7 Å². The van der Waals surface area contributed by atoms with E-state index in [2.05, 4.69) is 0 Å². The Bertz CT molecular complexity index is 847. The molecular weight excluding hydrogens is 383 g/mol. The normalized spacial score (nSPS) is 24.1. The fourth-order valence-electron chi connectivity index (χ4n) is 3.93. The minimum Gasteiger partial charge on any atom is -0.335 e. The summed E-state index contributed by atoms with van der Waals surface area (Å²) in [6.45, 7) is 0.748. The van der Waals surface area contributed by atoms with Crippen LogP contribution < -0.4 is 0 Å². The van der Waals surface area contributed by atoms with Crippen LogP contribution in [0, 0.1) is 23.4 Å². The number of nitrogens with zero attached hydrogens (tertiary/aromatic N) is 3. The minimum atomic E-state index is -3.57. The van der Waals surface area contributed by atoms with Crippen LogP contribution in [0.3, 0.4) is 0 Å². The first-order chi connectivity index (χ1) is 12.6. The zero-order valence-electron chi connectivity index (χ0n) is 15.2. The summed E-state index contributed by atoms with van der Waals surface area (Å²) >= 11 is 0. The van der Waals surface area contributed by atoms with Gasteiger partial charge >= 0.3 is 0 Å². The average Bonchev–Trinajstić information content (AvgIpc) is 2.63. The van der Waals surface area contributed by atoms with E-state index in [9.17, 15) is 26.4 Å². The molecule has 2 heterocycles. The van der Waals surface area contributed by atoms with Crippen molar-refractivity contribution in [3.05, 3.63) is 35.1 Å². The van der Waals surface area contributed by atoms with Crippen LogP contribution >= 0.6 is 0 Å². The number of benzene rings is 1. The van der Waals surface area contributed by atoms with E-state index >= 15 is 0 Å². The molecule has 2 fully saturated rings. The number of likely N-dealkylation sites (tertiary alicyclic amines) is 1. The summed E-state index contributed by atoms with van der Waals surface area (Å²) in [4.78, 5) is 14.1. The maximum absolute atomic E-state index is 14.0. The lowest BCUT2D eigenvalue weighted by Crippen LogP contribution is -2.57. The molecule has 6 nitrogen and oxygen atoms in total. The summed E-state index contributed by atoms with van der Waals surface area (Å²) < 4.78 is 68.8. The average molecular weight is 405 g/mol. The molecule has 0 N–H and O–H groups in total. The lowest BCUT2D eigenvalue weighted by molar-refractivity contribution is 0.0320. The van der Waals surface area contributed by atoms with Crippen molar-refractivity contribution in [1.82, 2.24) is 13.5 Å². The minimum absolute atomic E-state index is 0.133. The van der Waals surface area contributed by atoms with E-state index in [1.165, 1.54) is 23.3 Å². The summed E-state index contributed by atoms with van der Waals surface area (Å²) in [5, 5.41) is 0. The second-order valence-electron chi connectivity index (χ2n) is 7.12. The van der Waals surface area contributed by atoms with Gasteiger partial charge in [0.1, 0.15) is 11.4 Å². The Balaban J connectivity index is 1.84. The number of amides is 1. The highest BCUT2D eigenvalue weighted by Crippen LogP contribution is 2.33. The Kier molecular flexibility index (Phi) is 5.51. The van der Waals surface area contributed by atoms with Crippen molar-refractivity contribution < 1.29 is 26.4 Å². The van der Waals surface area contributed by atoms with E-state index in [1.807, 2.05) is 0 Å². The summed E-state index contributed by atoms with van der Waals surface area (Å²) in [7, 11) is -0.662. The molecule has 2 atom stereocenters. The van der Waals surface area contributed by atoms with Crippen LogP contribution in [0.15, 0.2) is 12.1 Å². The molecule has 0 aromatic heterocycles. The molecule has 3 rings (SSSR count). The molecule has 2 aliphatic heterocycles. The van der Waals surface area contributed by atoms with Gasteiger partial charge in [-0.1, -0.05) is 0 Å². The highest BCUT2D eigenvalue weighted by molar-refractivity contribution is 7.86. The second kappa shape index (κ2) is 7.40. The molecule has 2 saturated heterocycles. The maximum atomic E-state index is 14.0. The van der Waals surface area contributed by atoms with Crippen LogP contribution in [0.2, 0.25) is 0 Å². The van der Waals surface area contributed by atoms with Crippen molar-refractivity contribution in [1.29, 1.82) is 0 Å². The van der Waals surface area contributed by atoms with Gasteiger partial charge in [-0.15, -0.1) is 0 Å². The van der Waals surface area contributed by atoms with Gasteiger partial charge in [0.25, 0.3) is 16.1 Å². The fourth-order valence-corrected chi connectivity index (χ4v) is 5.11. The molecular formula is C17H22F3N3O3S. The topological polar surface area (TPSA) is 60.9 Å². The molecule has 0 bridgehead atoms. The number of hydrogen-bond donors (Lipinski definition) is 0. The van der Waals surface area contributed by atoms with Gasteiger partial charge in [-0.05, 0) is 37.3 Å². The second-order valence-corrected chi connectivity index (χ2v) is 9.27. The van der Waals surface area contributed by atoms with E-state index < -0.39 is 39.1 Å². The summed E-state index contributed by atoms with van der Waals surface area (Å²) in [5.41, 5.74) is -0.890. The lowest BCUT2D eigenvalue weighted by atomic mass is 9.84. The van der Waals surface area contributed by atoms with Crippen molar-refractivity contribution in [3.8, 4) is 0 Å². The van der Waals surface area contributed by atoms with Crippen LogP contribution in [0.5, 0.6) is 0 Å². The zero-order chi connectivity index (χ0) is 19.9. The third-order valence-corrected chi connectivity index (χ3v) is 7.24. The SMILES string of the molecule is CN(C)S(=O)(=O)N1CC[C@H]2[C@H](CCCN2C(=O)c2c(F)ccc(F)c2F)C1. The first-order valence-electron chi connectivity index (χ1n) is 8.76. The van der Waals surface area contributed by atoms with Crippen LogP contribution in [-0.2, 0) is 10.2 Å². The van der Waals surface area contributed by atoms with Crippen molar-refractivity contribution in [2.45, 2.75) is 25.3 Å². The van der Waals surface area contributed by atoms with Gasteiger partial charge in [0, 0.05) is 39.8 Å². The van der Waals surface area contributed by atoms with Crippen LogP contribution in [0.25, 0.3) is 0 Å². The van der Waals surface area contributed by atoms with E-state index in [0.29, 0.717) is 31.9 Å². The van der Waals surface area contributed by atoms with Gasteiger partial charge in [0.2, 0.25) is 0 Å². The molecule has 0 saturated carbocycles. The largest absolute Gasteiger partial charge is 0.335 e. The molecule has 0 aliphatic carbocycles. The Morgan fingerprint density at radius 2 is 1.78 bits per heavy atom. The van der Waals surface area contributed by atoms with Gasteiger partial charge in [-0.2, -0.15) is 17.0 Å². The number of rotatable bonds is 3. The van der Waals surface area contributed by atoms with E-state index in [1.54, 1.807) is 0 Å². The molecule has 10 heteroatoms. The van der Waals surface area contributed by atoms with Crippen molar-refractivity contribution >= 4 is 16.1 Å². The Labute approximate surface area is 156 Å². The number of carbonyl (C=O) groups excluding carboxylic acids is 1. The highest BCUT2D eigenvalue weighted by atomic mass is 32.2. The third kappa shape index (κ3) is 3.57. The number of piperidine rings is 2. The molecule has 2 aliphatic rings. The predicted molar refractivity (Wildman–Crippen MR) is 92.7 cm³/mol. The smallest absolute Gasteiger partial charge is 0.281 e. The lowest BCUT2D eigenvalue weighted by Gasteiger charge is -2.47. The quantitative estimate of drug-likeness (QED) is 0.721. The zero-order valence-corrected chi connectivity index (χ0v) is 16.0. The Morgan fingerprint density at radius 3 is 2.44 bits per heavy atom. The molecule has 1 aromatic carbocycles. The van der Waals surface area contributed by atoms with Crippen molar-refractivity contribution in [2.24, 2.45) is 5.92 Å². The number of halogens is 3. The van der Waals surface area contributed by atoms with Crippen LogP contribution in [0.1, 0.15) is 29.6 Å². The monoisotopic (exact) mass is 405 g/mol. The number of hydrogen-bond acceptors (Lipinski definition) is 3. The molecule has 0 spiro atoms. The van der Waals surface area contributed by atoms with Gasteiger partial charge in [-0.25, -0.2) is 13.2 Å². The van der Waals surface area contributed by atoms with E-state index in [-0.39, 0.29) is 25.0 Å². The molecule has 0 unspecified atom stereocenters. The maximum Gasteiger partial charge on any atom is 0.281 e. The Hall–Kier alpha value is -1.65. The molecule has 1 amide bonds. The van der Waals surface area contributed by atoms with Gasteiger partial charge < -0.3 is 4.90 Å². The van der Waals surface area contributed by atoms with Crippen LogP contribution in [-0.4, -0.2) is 67.6 Å². The fraction of sp³-hybridized carbons (Fsp3) is 0.588. The summed E-state index contributed by atoms with van der Waals surface area (Å²) in [5.74, 6) is -4.89. The number of fused-ring (bicyclic) bond motifs is 1. The number of carbonyl (C=O) groups is 1.